The summed E-state index contributed by atoms with van der Waals surface area (Å²) < 4.78 is 29.6. The quantitative estimate of drug-likeness (QED) is 0.443. The van der Waals surface area contributed by atoms with Crippen molar-refractivity contribution in [3.8, 4) is 0 Å². The van der Waals surface area contributed by atoms with E-state index in [0.717, 1.165) is 54.5 Å². The van der Waals surface area contributed by atoms with E-state index < -0.39 is 19.4 Å². The molecule has 0 bridgehead atoms. The second kappa shape index (κ2) is 16.1. The van der Waals surface area contributed by atoms with Crippen molar-refractivity contribution in [2.45, 2.75) is 51.6 Å². The average molecular weight is 565 g/mol. The van der Waals surface area contributed by atoms with Crippen LogP contribution in [0.1, 0.15) is 46.1 Å². The first kappa shape index (κ1) is 33.0. The van der Waals surface area contributed by atoms with Gasteiger partial charge in [-0.25, -0.2) is 18.4 Å². The summed E-state index contributed by atoms with van der Waals surface area (Å²) >= 11 is 0. The molecule has 2 aromatic rings. The maximum atomic E-state index is 12.6. The predicted octanol–water partition coefficient (Wildman–Crippen LogP) is 5.34. The molecule has 0 spiro atoms. The number of imidazole rings is 1. The number of carbonyl (C=O) groups excluding carboxylic acids is 1. The van der Waals surface area contributed by atoms with E-state index in [9.17, 15) is 18.4 Å². The lowest BCUT2D eigenvalue weighted by atomic mass is 9.93. The number of nitrogens with one attached hydrogen (secondary N) is 1. The molecule has 10 heteroatoms. The number of hydrogen-bond donors (Lipinski definition) is 2. The fourth-order valence-electron chi connectivity index (χ4n) is 5.09. The fourth-order valence-corrected chi connectivity index (χ4v) is 5.09. The molecular formula is C30H46F2N4O4. The van der Waals surface area contributed by atoms with Crippen molar-refractivity contribution < 1.29 is 24.8 Å². The van der Waals surface area contributed by atoms with E-state index in [1.54, 1.807) is 17.1 Å². The first-order chi connectivity index (χ1) is 19.1. The van der Waals surface area contributed by atoms with Crippen molar-refractivity contribution in [3.63, 3.8) is 0 Å². The van der Waals surface area contributed by atoms with Gasteiger partial charge in [0, 0.05) is 39.2 Å². The number of fused-ring (bicyclic) bond motifs is 1. The minimum atomic E-state index is -0.656. The summed E-state index contributed by atoms with van der Waals surface area (Å²) in [6.45, 7) is 14.4. The smallest absolute Gasteiger partial charge is 0.409 e. The Morgan fingerprint density at radius 2 is 1.93 bits per heavy atom. The number of H-pyrrole nitrogens is 1. The number of rotatable bonds is 7. The maximum Gasteiger partial charge on any atom is 0.409 e. The molecule has 0 radical (unpaired) electrons. The van der Waals surface area contributed by atoms with E-state index in [4.69, 9.17) is 9.84 Å². The highest BCUT2D eigenvalue weighted by molar-refractivity contribution is 5.76. The SMILES string of the molecule is C=C/C=C(/C)C=C.Cc1ccc2[nH]c(=O)n(C3CCN(C4(C)CCN(C(=O)OCCF)C4)CC3)c2c1.OCCF.[HH]. The van der Waals surface area contributed by atoms with Gasteiger partial charge in [-0.1, -0.05) is 43.0 Å². The number of alkyl halides is 2. The zero-order chi connectivity index (χ0) is 29.7. The van der Waals surface area contributed by atoms with Gasteiger partial charge in [-0.3, -0.25) is 9.47 Å². The van der Waals surface area contributed by atoms with Crippen LogP contribution in [-0.4, -0.2) is 88.8 Å². The van der Waals surface area contributed by atoms with E-state index >= 15 is 0 Å². The van der Waals surface area contributed by atoms with Crippen LogP contribution in [0.5, 0.6) is 0 Å². The molecule has 2 aliphatic heterocycles. The normalized spacial score (nSPS) is 19.9. The summed E-state index contributed by atoms with van der Waals surface area (Å²) in [7, 11) is 0. The third-order valence-electron chi connectivity index (χ3n) is 7.27. The van der Waals surface area contributed by atoms with Gasteiger partial charge in [-0.05, 0) is 57.7 Å². The Morgan fingerprint density at radius 3 is 2.48 bits per heavy atom. The number of nitrogens with zero attached hydrogens (tertiary/aromatic N) is 3. The van der Waals surface area contributed by atoms with Gasteiger partial charge >= 0.3 is 11.8 Å². The van der Waals surface area contributed by atoms with Crippen LogP contribution < -0.4 is 5.69 Å². The van der Waals surface area contributed by atoms with Crippen molar-refractivity contribution in [3.05, 3.63) is 71.2 Å². The van der Waals surface area contributed by atoms with E-state index in [0.29, 0.717) is 13.1 Å². The Bertz CT molecular complexity index is 1200. The monoisotopic (exact) mass is 564 g/mol. The molecular weight excluding hydrogens is 518 g/mol. The number of carbonyl (C=O) groups is 1. The van der Waals surface area contributed by atoms with Gasteiger partial charge in [-0.2, -0.15) is 0 Å². The number of amides is 1. The van der Waals surface area contributed by atoms with Gasteiger partial charge < -0.3 is 19.7 Å². The van der Waals surface area contributed by atoms with Gasteiger partial charge in [0.25, 0.3) is 0 Å². The summed E-state index contributed by atoms with van der Waals surface area (Å²) in [6, 6.07) is 6.22. The molecule has 4 rings (SSSR count). The highest BCUT2D eigenvalue weighted by atomic mass is 19.1. The van der Waals surface area contributed by atoms with Crippen LogP contribution >= 0.6 is 0 Å². The highest BCUT2D eigenvalue weighted by Gasteiger charge is 2.42. The summed E-state index contributed by atoms with van der Waals surface area (Å²) in [5.41, 5.74) is 3.99. The van der Waals surface area contributed by atoms with Crippen molar-refractivity contribution >= 4 is 17.1 Å². The zero-order valence-corrected chi connectivity index (χ0v) is 24.0. The molecule has 8 nitrogen and oxygen atoms in total. The molecule has 3 heterocycles. The Balaban J connectivity index is 0.000000599. The number of piperidine rings is 1. The number of hydrogen-bond acceptors (Lipinski definition) is 5. The largest absolute Gasteiger partial charge is 0.447 e. The van der Waals surface area contributed by atoms with Gasteiger partial charge in [0.15, 0.2) is 0 Å². The second-order valence-electron chi connectivity index (χ2n) is 10.3. The number of likely N-dealkylation sites (tertiary alicyclic amines) is 2. The number of aliphatic hydroxyl groups is 1. The Hall–Kier alpha value is -3.24. The molecule has 1 atom stereocenters. The van der Waals surface area contributed by atoms with Crippen LogP contribution in [0.4, 0.5) is 13.6 Å². The lowest BCUT2D eigenvalue weighted by molar-refractivity contribution is 0.0621. The minimum absolute atomic E-state index is 0. The van der Waals surface area contributed by atoms with Gasteiger partial charge in [0.05, 0.1) is 17.6 Å². The molecule has 224 valence electrons. The molecule has 2 aliphatic rings. The van der Waals surface area contributed by atoms with Crippen LogP contribution in [0.15, 0.2) is 60.0 Å². The van der Waals surface area contributed by atoms with Crippen molar-refractivity contribution in [2.75, 3.05) is 52.7 Å². The van der Waals surface area contributed by atoms with Crippen LogP contribution in [0.2, 0.25) is 0 Å². The third kappa shape index (κ3) is 8.89. The molecule has 40 heavy (non-hydrogen) atoms. The van der Waals surface area contributed by atoms with Crippen molar-refractivity contribution in [1.82, 2.24) is 19.4 Å². The number of ether oxygens (including phenoxy) is 1. The number of allylic oxidation sites excluding steroid dienone is 4. The molecule has 0 aliphatic carbocycles. The van der Waals surface area contributed by atoms with E-state index in [2.05, 4.69) is 36.0 Å². The predicted molar refractivity (Wildman–Crippen MR) is 158 cm³/mol. The van der Waals surface area contributed by atoms with Crippen LogP contribution in [0, 0.1) is 6.92 Å². The summed E-state index contributed by atoms with van der Waals surface area (Å²) in [4.78, 5) is 31.7. The lowest BCUT2D eigenvalue weighted by Gasteiger charge is -2.43. The van der Waals surface area contributed by atoms with Crippen LogP contribution in [-0.2, 0) is 4.74 Å². The summed E-state index contributed by atoms with van der Waals surface area (Å²) in [6.07, 6.45) is 7.67. The summed E-state index contributed by atoms with van der Waals surface area (Å²) in [5.74, 6) is 0. The molecule has 2 saturated heterocycles. The molecule has 2 N–H and O–H groups in total. The van der Waals surface area contributed by atoms with E-state index in [1.807, 2.05) is 36.6 Å². The molecule has 1 aromatic carbocycles. The zero-order valence-electron chi connectivity index (χ0n) is 24.0. The Kier molecular flexibility index (Phi) is 13.3. The van der Waals surface area contributed by atoms with Gasteiger partial charge in [-0.15, -0.1) is 0 Å². The minimum Gasteiger partial charge on any atom is -0.447 e. The molecule has 0 saturated carbocycles. The lowest BCUT2D eigenvalue weighted by Crippen LogP contribution is -2.52. The highest BCUT2D eigenvalue weighted by Crippen LogP contribution is 2.34. The standard InChI is InChI=1S/C21H29FN4O3.C7H10.C2H5FO.H2/c1-15-3-4-17-18(13-15)26(19(27)23-17)16-5-9-25(10-6-16)21(2)7-11-24(14-21)20(28)29-12-8-22;1-4-6-7(3)5-2;3-1-2-4;/h3-4,13,16H,5-12,14H2,1-2H3,(H,23,27);4-6H,1-2H2,3H3;4H,1-2H2;1H/b;7-6-;;. The van der Waals surface area contributed by atoms with Crippen molar-refractivity contribution in [2.24, 2.45) is 0 Å². The number of aromatic amines is 1. The number of halogens is 2. The number of benzene rings is 1. The number of aryl methyl sites for hydroxylation is 1. The fraction of sp³-hybridized carbons (Fsp3) is 0.533. The van der Waals surface area contributed by atoms with E-state index in [1.165, 1.54) is 0 Å². The second-order valence-corrected chi connectivity index (χ2v) is 10.3. The Morgan fingerprint density at radius 1 is 1.25 bits per heavy atom. The first-order valence-corrected chi connectivity index (χ1v) is 13.7. The summed E-state index contributed by atoms with van der Waals surface area (Å²) in [5, 5.41) is 7.50. The molecule has 1 unspecified atom stereocenters. The number of aliphatic hydroxyl groups excluding tert-OH is 1. The first-order valence-electron chi connectivity index (χ1n) is 13.7. The molecule has 2 fully saturated rings. The third-order valence-corrected chi connectivity index (χ3v) is 7.27. The maximum absolute atomic E-state index is 12.6. The molecule has 1 aromatic heterocycles. The van der Waals surface area contributed by atoms with E-state index in [-0.39, 0.29) is 31.9 Å². The van der Waals surface area contributed by atoms with Gasteiger partial charge in [0.1, 0.15) is 20.0 Å². The number of aromatic nitrogens is 2. The average Bonchev–Trinajstić information content (AvgIpc) is 3.52. The molecule has 1 amide bonds. The topological polar surface area (TPSA) is 90.8 Å². The Labute approximate surface area is 237 Å². The van der Waals surface area contributed by atoms with Gasteiger partial charge in [0.2, 0.25) is 0 Å². The van der Waals surface area contributed by atoms with Crippen LogP contribution in [0.25, 0.3) is 11.0 Å². The van der Waals surface area contributed by atoms with Crippen LogP contribution in [0.3, 0.4) is 0 Å². The van der Waals surface area contributed by atoms with Crippen molar-refractivity contribution in [1.29, 1.82) is 0 Å².